The van der Waals surface area contributed by atoms with E-state index in [9.17, 15) is 18.0 Å². The van der Waals surface area contributed by atoms with Crippen molar-refractivity contribution in [1.29, 1.82) is 0 Å². The van der Waals surface area contributed by atoms with Crippen LogP contribution in [0, 0.1) is 17.5 Å². The molecule has 0 atom stereocenters. The van der Waals surface area contributed by atoms with Crippen molar-refractivity contribution in [2.75, 3.05) is 7.11 Å². The Balaban J connectivity index is 2.28. The summed E-state index contributed by atoms with van der Waals surface area (Å²) in [5.74, 6) is -4.57. The first-order valence-corrected chi connectivity index (χ1v) is 5.68. The average Bonchev–Trinajstić information content (AvgIpc) is 2.44. The molecule has 3 nitrogen and oxygen atoms in total. The maximum absolute atomic E-state index is 13.1. The van der Waals surface area contributed by atoms with Crippen LogP contribution in [0.5, 0.6) is 0 Å². The van der Waals surface area contributed by atoms with Gasteiger partial charge >= 0.3 is 5.97 Å². The summed E-state index contributed by atoms with van der Waals surface area (Å²) >= 11 is 0. The van der Waals surface area contributed by atoms with E-state index in [1.807, 2.05) is 0 Å². The van der Waals surface area contributed by atoms with E-state index in [4.69, 9.17) is 0 Å². The lowest BCUT2D eigenvalue weighted by Gasteiger charge is -2.05. The summed E-state index contributed by atoms with van der Waals surface area (Å²) in [7, 11) is 1.24. The normalized spacial score (nSPS) is 10.4. The van der Waals surface area contributed by atoms with Crippen LogP contribution in [0.1, 0.15) is 21.6 Å². The third-order valence-corrected chi connectivity index (χ3v) is 2.67. The van der Waals surface area contributed by atoms with Gasteiger partial charge < -0.3 is 4.74 Å². The Kier molecular flexibility index (Phi) is 4.02. The first kappa shape index (κ1) is 14.0. The standard InChI is InChI=1S/C14H10F3NO2/c1-20-14(19)9-2-3-18-10(7-9)4-8-5-11(15)13(17)12(16)6-8/h2-3,5-7H,4H2,1H3. The van der Waals surface area contributed by atoms with E-state index in [2.05, 4.69) is 9.72 Å². The largest absolute Gasteiger partial charge is 0.465 e. The van der Waals surface area contributed by atoms with Crippen LogP contribution in [-0.4, -0.2) is 18.1 Å². The fourth-order valence-corrected chi connectivity index (χ4v) is 1.74. The quantitative estimate of drug-likeness (QED) is 0.641. The number of ether oxygens (including phenoxy) is 1. The van der Waals surface area contributed by atoms with Crippen LogP contribution in [0.15, 0.2) is 30.5 Å². The van der Waals surface area contributed by atoms with E-state index >= 15 is 0 Å². The number of hydrogen-bond acceptors (Lipinski definition) is 3. The van der Waals surface area contributed by atoms with E-state index in [0.29, 0.717) is 5.69 Å². The number of esters is 1. The molecule has 0 aliphatic heterocycles. The Morgan fingerprint density at radius 1 is 1.20 bits per heavy atom. The maximum Gasteiger partial charge on any atom is 0.337 e. The smallest absolute Gasteiger partial charge is 0.337 e. The fraction of sp³-hybridized carbons (Fsp3) is 0.143. The van der Waals surface area contributed by atoms with E-state index < -0.39 is 23.4 Å². The van der Waals surface area contributed by atoms with E-state index in [1.54, 1.807) is 0 Å². The van der Waals surface area contributed by atoms with Crippen molar-refractivity contribution in [3.63, 3.8) is 0 Å². The molecule has 20 heavy (non-hydrogen) atoms. The lowest BCUT2D eigenvalue weighted by molar-refractivity contribution is 0.0600. The molecule has 0 saturated heterocycles. The second-order valence-electron chi connectivity index (χ2n) is 4.08. The molecule has 0 fully saturated rings. The first-order valence-electron chi connectivity index (χ1n) is 5.68. The summed E-state index contributed by atoms with van der Waals surface area (Å²) in [6.45, 7) is 0. The van der Waals surface area contributed by atoms with Gasteiger partial charge in [-0.2, -0.15) is 0 Å². The number of hydrogen-bond donors (Lipinski definition) is 0. The Bertz CT molecular complexity index is 636. The number of pyridine rings is 1. The van der Waals surface area contributed by atoms with Crippen molar-refractivity contribution in [1.82, 2.24) is 4.98 Å². The molecule has 0 N–H and O–H groups in total. The number of benzene rings is 1. The third kappa shape index (κ3) is 2.96. The van der Waals surface area contributed by atoms with E-state index in [0.717, 1.165) is 12.1 Å². The summed E-state index contributed by atoms with van der Waals surface area (Å²) < 4.78 is 43.6. The number of nitrogens with zero attached hydrogens (tertiary/aromatic N) is 1. The zero-order valence-corrected chi connectivity index (χ0v) is 10.5. The molecule has 1 aromatic heterocycles. The molecule has 104 valence electrons. The molecule has 2 aromatic rings. The van der Waals surface area contributed by atoms with Gasteiger partial charge in [0.05, 0.1) is 12.7 Å². The van der Waals surface area contributed by atoms with Crippen molar-refractivity contribution in [2.24, 2.45) is 0 Å². The first-order chi connectivity index (χ1) is 9.51. The second-order valence-corrected chi connectivity index (χ2v) is 4.08. The molecule has 0 saturated carbocycles. The number of carbonyl (C=O) groups is 1. The van der Waals surface area contributed by atoms with Crippen molar-refractivity contribution in [3.05, 3.63) is 64.7 Å². The molecule has 0 aliphatic carbocycles. The van der Waals surface area contributed by atoms with Gasteiger partial charge in [-0.25, -0.2) is 18.0 Å². The molecule has 0 bridgehead atoms. The van der Waals surface area contributed by atoms with Crippen LogP contribution >= 0.6 is 0 Å². The Labute approximate surface area is 113 Å². The van der Waals surface area contributed by atoms with Crippen molar-refractivity contribution >= 4 is 5.97 Å². The van der Waals surface area contributed by atoms with Gasteiger partial charge in [-0.3, -0.25) is 4.98 Å². The van der Waals surface area contributed by atoms with Crippen LogP contribution in [0.25, 0.3) is 0 Å². The molecule has 2 rings (SSSR count). The average molecular weight is 281 g/mol. The topological polar surface area (TPSA) is 39.2 Å². The molecule has 6 heteroatoms. The molecular weight excluding hydrogens is 271 g/mol. The lowest BCUT2D eigenvalue weighted by Crippen LogP contribution is -2.04. The number of rotatable bonds is 3. The summed E-state index contributed by atoms with van der Waals surface area (Å²) in [6, 6.07) is 4.70. The number of aromatic nitrogens is 1. The van der Waals surface area contributed by atoms with E-state index in [1.165, 1.54) is 25.4 Å². The van der Waals surface area contributed by atoms with Gasteiger partial charge in [-0.15, -0.1) is 0 Å². The van der Waals surface area contributed by atoms with Gasteiger partial charge in [0.15, 0.2) is 17.5 Å². The van der Waals surface area contributed by atoms with Crippen LogP contribution in [0.2, 0.25) is 0 Å². The Morgan fingerprint density at radius 2 is 1.85 bits per heavy atom. The van der Waals surface area contributed by atoms with Gasteiger partial charge in [-0.1, -0.05) is 0 Å². The predicted octanol–water partition coefficient (Wildman–Crippen LogP) is 2.88. The molecule has 0 amide bonds. The molecule has 1 heterocycles. The lowest BCUT2D eigenvalue weighted by atomic mass is 10.1. The number of halogens is 3. The van der Waals surface area contributed by atoms with Crippen LogP contribution < -0.4 is 0 Å². The molecule has 0 spiro atoms. The summed E-state index contributed by atoms with van der Waals surface area (Å²) in [4.78, 5) is 15.3. The molecular formula is C14H10F3NO2. The number of carbonyl (C=O) groups excluding carboxylic acids is 1. The van der Waals surface area contributed by atoms with Crippen LogP contribution in [-0.2, 0) is 11.2 Å². The highest BCUT2D eigenvalue weighted by atomic mass is 19.2. The van der Waals surface area contributed by atoms with Crippen LogP contribution in [0.4, 0.5) is 13.2 Å². The fourth-order valence-electron chi connectivity index (χ4n) is 1.74. The summed E-state index contributed by atoms with van der Waals surface area (Å²) in [6.07, 6.45) is 1.46. The second kappa shape index (κ2) is 5.73. The highest BCUT2D eigenvalue weighted by molar-refractivity contribution is 5.89. The van der Waals surface area contributed by atoms with Gasteiger partial charge in [0, 0.05) is 18.3 Å². The van der Waals surface area contributed by atoms with Crippen molar-refractivity contribution in [2.45, 2.75) is 6.42 Å². The summed E-state index contributed by atoms with van der Waals surface area (Å²) in [5.41, 5.74) is 0.912. The molecule has 0 unspecified atom stereocenters. The monoisotopic (exact) mass is 281 g/mol. The number of methoxy groups -OCH3 is 1. The molecule has 0 radical (unpaired) electrons. The van der Waals surface area contributed by atoms with Gasteiger partial charge in [-0.05, 0) is 29.8 Å². The maximum atomic E-state index is 13.1. The SMILES string of the molecule is COC(=O)c1ccnc(Cc2cc(F)c(F)c(F)c2)c1. The van der Waals surface area contributed by atoms with Crippen molar-refractivity contribution in [3.8, 4) is 0 Å². The highest BCUT2D eigenvalue weighted by Gasteiger charge is 2.12. The minimum absolute atomic E-state index is 0.0684. The third-order valence-electron chi connectivity index (χ3n) is 2.67. The molecule has 0 aliphatic rings. The minimum atomic E-state index is -1.51. The van der Waals surface area contributed by atoms with Crippen LogP contribution in [0.3, 0.4) is 0 Å². The van der Waals surface area contributed by atoms with E-state index in [-0.39, 0.29) is 17.5 Å². The zero-order valence-electron chi connectivity index (χ0n) is 10.5. The van der Waals surface area contributed by atoms with Crippen molar-refractivity contribution < 1.29 is 22.7 Å². The predicted molar refractivity (Wildman–Crippen MR) is 64.7 cm³/mol. The molecule has 1 aromatic carbocycles. The van der Waals surface area contributed by atoms with Gasteiger partial charge in [0.25, 0.3) is 0 Å². The Hall–Kier alpha value is -2.37. The summed E-state index contributed by atoms with van der Waals surface area (Å²) in [5, 5.41) is 0. The minimum Gasteiger partial charge on any atom is -0.465 e. The zero-order chi connectivity index (χ0) is 14.7. The van der Waals surface area contributed by atoms with Gasteiger partial charge in [0.1, 0.15) is 0 Å². The highest BCUT2D eigenvalue weighted by Crippen LogP contribution is 2.16. The van der Waals surface area contributed by atoms with Gasteiger partial charge in [0.2, 0.25) is 0 Å². The Morgan fingerprint density at radius 3 is 2.45 bits per heavy atom.